The Bertz CT molecular complexity index is 2330. The fourth-order valence-corrected chi connectivity index (χ4v) is 7.03. The average molecular weight is 792 g/mol. The minimum Gasteiger partial charge on any atom is -0.388 e. The van der Waals surface area contributed by atoms with E-state index in [1.54, 1.807) is 6.08 Å². The predicted molar refractivity (Wildman–Crippen MR) is 265 cm³/mol. The molecule has 0 amide bonds. The molecule has 3 aromatic rings. The average Bonchev–Trinajstić information content (AvgIpc) is 3.30. The molecule has 306 valence electrons. The quantitative estimate of drug-likeness (QED) is 0.0826. The van der Waals surface area contributed by atoms with Crippen LogP contribution in [0.3, 0.4) is 0 Å². The first-order valence-corrected chi connectivity index (χ1v) is 21.3. The summed E-state index contributed by atoms with van der Waals surface area (Å²) in [6.07, 6.45) is 34.5. The van der Waals surface area contributed by atoms with E-state index in [1.807, 2.05) is 26.3 Å². The summed E-state index contributed by atoms with van der Waals surface area (Å²) in [5, 5.41) is 3.22. The van der Waals surface area contributed by atoms with Crippen LogP contribution < -0.4 is 5.32 Å². The highest BCUT2D eigenvalue weighted by atomic mass is 15.0. The van der Waals surface area contributed by atoms with Crippen LogP contribution in [0.25, 0.3) is 16.8 Å². The third-order valence-corrected chi connectivity index (χ3v) is 10.4. The maximum Gasteiger partial charge on any atom is 0.157 e. The first-order valence-electron chi connectivity index (χ1n) is 21.3. The minimum atomic E-state index is 0.457. The molecule has 0 radical (unpaired) electrons. The molecule has 1 N–H and O–H groups in total. The normalized spacial score (nSPS) is 15.9. The van der Waals surface area contributed by atoms with Crippen LogP contribution in [-0.4, -0.2) is 38.2 Å². The molecule has 60 heavy (non-hydrogen) atoms. The van der Waals surface area contributed by atoms with E-state index in [0.717, 1.165) is 101 Å². The van der Waals surface area contributed by atoms with Gasteiger partial charge in [-0.25, -0.2) is 9.98 Å². The highest BCUT2D eigenvalue weighted by Gasteiger charge is 2.15. The lowest BCUT2D eigenvalue weighted by Gasteiger charge is -2.16. The monoisotopic (exact) mass is 791 g/mol. The van der Waals surface area contributed by atoms with Gasteiger partial charge >= 0.3 is 0 Å². The first kappa shape index (κ1) is 44.6. The van der Waals surface area contributed by atoms with Crippen molar-refractivity contribution >= 4 is 47.1 Å². The van der Waals surface area contributed by atoms with Gasteiger partial charge in [0.05, 0.1) is 12.2 Å². The Balaban J connectivity index is 1.52. The van der Waals surface area contributed by atoms with Gasteiger partial charge in [0.1, 0.15) is 0 Å². The molecule has 1 aliphatic carbocycles. The van der Waals surface area contributed by atoms with Gasteiger partial charge in [-0.1, -0.05) is 159 Å². The molecule has 0 fully saturated rings. The fourth-order valence-electron chi connectivity index (χ4n) is 7.03. The van der Waals surface area contributed by atoms with Gasteiger partial charge in [-0.3, -0.25) is 9.98 Å². The number of allylic oxidation sites excluding steroid dienone is 16. The number of amidine groups is 2. The number of unbranched alkanes of at least 4 members (excludes halogenated alkanes) is 1. The van der Waals surface area contributed by atoms with Crippen molar-refractivity contribution in [1.29, 1.82) is 0 Å². The van der Waals surface area contributed by atoms with Gasteiger partial charge in [-0.2, -0.15) is 0 Å². The number of nitrogens with one attached hydrogen (secondary N) is 1. The second kappa shape index (κ2) is 23.8. The van der Waals surface area contributed by atoms with E-state index in [4.69, 9.17) is 9.98 Å². The summed E-state index contributed by atoms with van der Waals surface area (Å²) in [7, 11) is 1.94. The molecular formula is C55H61N5. The van der Waals surface area contributed by atoms with Gasteiger partial charge < -0.3 is 5.32 Å². The van der Waals surface area contributed by atoms with Crippen LogP contribution in [0.4, 0.5) is 5.69 Å². The maximum absolute atomic E-state index is 5.19. The van der Waals surface area contributed by atoms with Crippen molar-refractivity contribution in [2.75, 3.05) is 18.9 Å². The summed E-state index contributed by atoms with van der Waals surface area (Å²) in [6, 6.07) is 25.8. The van der Waals surface area contributed by atoms with Crippen molar-refractivity contribution in [2.24, 2.45) is 20.0 Å². The Morgan fingerprint density at radius 1 is 0.800 bits per heavy atom. The third-order valence-electron chi connectivity index (χ3n) is 10.4. The number of benzene rings is 3. The molecule has 0 atom stereocenters. The number of hydrogen-bond donors (Lipinski definition) is 1. The fraction of sp³-hybridized carbons (Fsp3) is 0.236. The maximum atomic E-state index is 5.19. The highest BCUT2D eigenvalue weighted by Crippen LogP contribution is 2.28. The molecule has 1 aliphatic heterocycles. The predicted octanol–water partition coefficient (Wildman–Crippen LogP) is 14.1. The third kappa shape index (κ3) is 13.0. The number of anilines is 1. The van der Waals surface area contributed by atoms with Crippen LogP contribution in [0.1, 0.15) is 94.0 Å². The molecule has 1 heterocycles. The van der Waals surface area contributed by atoms with Gasteiger partial charge in [0.25, 0.3) is 0 Å². The molecular weight excluding hydrogens is 731 g/mol. The van der Waals surface area contributed by atoms with Crippen molar-refractivity contribution in [3.05, 3.63) is 202 Å². The van der Waals surface area contributed by atoms with Crippen LogP contribution >= 0.6 is 0 Å². The second-order valence-corrected chi connectivity index (χ2v) is 14.8. The molecule has 0 aromatic heterocycles. The van der Waals surface area contributed by atoms with Crippen LogP contribution in [-0.2, 0) is 6.42 Å². The van der Waals surface area contributed by atoms with Gasteiger partial charge in [-0.15, -0.1) is 0 Å². The summed E-state index contributed by atoms with van der Waals surface area (Å²) in [5.74, 6) is 1.22. The van der Waals surface area contributed by atoms with Gasteiger partial charge in [0.15, 0.2) is 11.7 Å². The van der Waals surface area contributed by atoms with Crippen molar-refractivity contribution < 1.29 is 0 Å². The van der Waals surface area contributed by atoms with Gasteiger partial charge in [0.2, 0.25) is 0 Å². The van der Waals surface area contributed by atoms with Crippen LogP contribution in [0.5, 0.6) is 0 Å². The number of nitrogens with zero attached hydrogens (tertiary/aromatic N) is 4. The molecule has 0 spiro atoms. The molecule has 5 nitrogen and oxygen atoms in total. The summed E-state index contributed by atoms with van der Waals surface area (Å²) >= 11 is 0. The SMILES string of the molecule is C=C/C=C\C(=C/C)c1ccc(C(N=C(N=C)C2=CC=C(C(/C=C\C)=C/CCC)CC2)=NC/C(C)=C/C(=C\Cc2ccc(NC)cc2)c2ccc(C3=CCCC=N3)cc2)cc1. The molecule has 5 rings (SSSR count). The highest BCUT2D eigenvalue weighted by molar-refractivity contribution is 6.12. The van der Waals surface area contributed by atoms with E-state index < -0.39 is 0 Å². The van der Waals surface area contributed by atoms with E-state index in [2.05, 4.69) is 183 Å². The summed E-state index contributed by atoms with van der Waals surface area (Å²) in [4.78, 5) is 19.5. The van der Waals surface area contributed by atoms with Crippen molar-refractivity contribution in [2.45, 2.75) is 72.6 Å². The Labute approximate surface area is 359 Å². The van der Waals surface area contributed by atoms with E-state index >= 15 is 0 Å². The lowest BCUT2D eigenvalue weighted by Crippen LogP contribution is -2.09. The van der Waals surface area contributed by atoms with E-state index in [-0.39, 0.29) is 0 Å². The Hall–Kier alpha value is -6.46. The minimum absolute atomic E-state index is 0.457. The second-order valence-electron chi connectivity index (χ2n) is 14.8. The molecule has 0 bridgehead atoms. The van der Waals surface area contributed by atoms with E-state index in [0.29, 0.717) is 18.2 Å². The Morgan fingerprint density at radius 2 is 1.50 bits per heavy atom. The zero-order valence-corrected chi connectivity index (χ0v) is 36.3. The van der Waals surface area contributed by atoms with Crippen LogP contribution in [0.15, 0.2) is 195 Å². The summed E-state index contributed by atoms with van der Waals surface area (Å²) < 4.78 is 0. The van der Waals surface area contributed by atoms with Crippen molar-refractivity contribution in [3.8, 4) is 0 Å². The van der Waals surface area contributed by atoms with Crippen molar-refractivity contribution in [3.63, 3.8) is 0 Å². The molecule has 3 aromatic carbocycles. The lowest BCUT2D eigenvalue weighted by atomic mass is 9.91. The first-order chi connectivity index (χ1) is 29.4. The molecule has 0 saturated heterocycles. The molecule has 5 heteroatoms. The number of rotatable bonds is 17. The number of aliphatic imine (C=N–C) groups is 4. The lowest BCUT2D eigenvalue weighted by molar-refractivity contribution is 0.925. The standard InChI is InChI=1S/C55H61N5/c1-8-12-17-43(11-4)45-26-34-50(35-27-45)55(60-54(57-7)49-32-28-46(29-33-49)44(16-10-3)18-13-9-2)59-40-41(5)39-51(23-20-42-21-36-52(56-6)37-22-42)47-24-30-48(31-25-47)53-19-14-15-38-58-53/h8,10-12,16-19,21-28,30-32,34-39,56H,1,7,9,13-15,20,29,33,40H2,2-6H3/b16-10-,17-12-,41-39+,43-11+,44-18+,51-23+,59-55?,60-54?. The van der Waals surface area contributed by atoms with Crippen LogP contribution in [0.2, 0.25) is 0 Å². The topological polar surface area (TPSA) is 61.5 Å². The zero-order valence-electron chi connectivity index (χ0n) is 36.3. The number of hydrogen-bond acceptors (Lipinski definition) is 3. The Morgan fingerprint density at radius 3 is 2.12 bits per heavy atom. The molecule has 0 unspecified atom stereocenters. The Kier molecular flexibility index (Phi) is 17.7. The molecule has 0 saturated carbocycles. The zero-order chi connectivity index (χ0) is 42.5. The molecule has 2 aliphatic rings. The van der Waals surface area contributed by atoms with E-state index in [9.17, 15) is 0 Å². The summed E-state index contributed by atoms with van der Waals surface area (Å²) in [5.41, 5.74) is 14.7. The van der Waals surface area contributed by atoms with Crippen LogP contribution in [0, 0.1) is 0 Å². The largest absolute Gasteiger partial charge is 0.388 e. The smallest absolute Gasteiger partial charge is 0.157 e. The van der Waals surface area contributed by atoms with Gasteiger partial charge in [0, 0.05) is 24.5 Å². The van der Waals surface area contributed by atoms with E-state index in [1.165, 1.54) is 16.7 Å². The summed E-state index contributed by atoms with van der Waals surface area (Å²) in [6.45, 7) is 16.7. The van der Waals surface area contributed by atoms with Gasteiger partial charge in [-0.05, 0) is 128 Å². The van der Waals surface area contributed by atoms with Crippen molar-refractivity contribution in [1.82, 2.24) is 0 Å².